The van der Waals surface area contributed by atoms with Crippen LogP contribution in [0.2, 0.25) is 0 Å². The monoisotopic (exact) mass is 421 g/mol. The number of fused-ring (bicyclic) bond motifs is 2. The summed E-state index contributed by atoms with van der Waals surface area (Å²) in [6.07, 6.45) is 8.49. The van der Waals surface area contributed by atoms with Gasteiger partial charge in [-0.2, -0.15) is 5.10 Å². The number of rotatable bonds is 4. The maximum atomic E-state index is 14.8. The molecule has 31 heavy (non-hydrogen) atoms. The van der Waals surface area contributed by atoms with Crippen LogP contribution >= 0.6 is 0 Å². The highest BCUT2D eigenvalue weighted by atomic mass is 19.1. The molecule has 0 bridgehead atoms. The van der Waals surface area contributed by atoms with E-state index in [4.69, 9.17) is 0 Å². The number of amides is 1. The number of pyridine rings is 1. The molecule has 5 rings (SSSR count). The summed E-state index contributed by atoms with van der Waals surface area (Å²) >= 11 is 0. The van der Waals surface area contributed by atoms with Crippen molar-refractivity contribution in [3.05, 3.63) is 53.5 Å². The molecule has 9 heteroatoms. The molecule has 0 aromatic carbocycles. The van der Waals surface area contributed by atoms with E-state index in [0.717, 1.165) is 36.3 Å². The molecule has 4 aromatic heterocycles. The van der Waals surface area contributed by atoms with Crippen LogP contribution in [-0.2, 0) is 0 Å². The van der Waals surface area contributed by atoms with Crippen LogP contribution in [0.15, 0.2) is 30.7 Å². The fourth-order valence-corrected chi connectivity index (χ4v) is 4.10. The minimum absolute atomic E-state index is 0.112. The molecular formula is C22H24FN7O. The van der Waals surface area contributed by atoms with Crippen molar-refractivity contribution in [3.8, 4) is 11.3 Å². The van der Waals surface area contributed by atoms with Gasteiger partial charge in [0.05, 0.1) is 17.6 Å². The first kappa shape index (κ1) is 19.6. The topological polar surface area (TPSA) is 88.6 Å². The van der Waals surface area contributed by atoms with Gasteiger partial charge in [0, 0.05) is 30.5 Å². The third-order valence-corrected chi connectivity index (χ3v) is 5.69. The second kappa shape index (κ2) is 7.73. The fourth-order valence-electron chi connectivity index (χ4n) is 4.10. The lowest BCUT2D eigenvalue weighted by atomic mass is 10.1. The lowest BCUT2D eigenvalue weighted by molar-refractivity contribution is 0.0943. The maximum absolute atomic E-state index is 14.8. The summed E-state index contributed by atoms with van der Waals surface area (Å²) in [6.45, 7) is 5.36. The molecule has 0 saturated carbocycles. The summed E-state index contributed by atoms with van der Waals surface area (Å²) in [4.78, 5) is 21.2. The molecule has 8 nitrogen and oxygen atoms in total. The van der Waals surface area contributed by atoms with Crippen LogP contribution < -0.4 is 10.6 Å². The standard InChI is InChI=1S/C22H24FN7O/c1-13-7-18(28-30-10-14(2)26-20(13)30)15-8-17(23)21-27-19(12-29(21)11-15)22(31)25-9-16-5-3-4-6-24-16/h7-8,10-12,16,24H,3-6,9H2,1-2H3,(H,25,31). The number of hydrogen-bond acceptors (Lipinski definition) is 5. The molecule has 4 aromatic rings. The molecule has 1 aliphatic rings. The summed E-state index contributed by atoms with van der Waals surface area (Å²) in [5, 5.41) is 10.9. The van der Waals surface area contributed by atoms with Gasteiger partial charge in [-0.25, -0.2) is 18.9 Å². The molecule has 0 spiro atoms. The van der Waals surface area contributed by atoms with Crippen molar-refractivity contribution in [1.29, 1.82) is 0 Å². The van der Waals surface area contributed by atoms with Crippen molar-refractivity contribution in [2.45, 2.75) is 39.2 Å². The summed E-state index contributed by atoms with van der Waals surface area (Å²) in [6, 6.07) is 3.55. The van der Waals surface area contributed by atoms with E-state index in [1.165, 1.54) is 12.5 Å². The predicted octanol–water partition coefficient (Wildman–Crippen LogP) is 2.67. The molecule has 2 N–H and O–H groups in total. The molecule has 1 atom stereocenters. The zero-order valence-corrected chi connectivity index (χ0v) is 17.5. The molecule has 1 fully saturated rings. The Labute approximate surface area is 178 Å². The van der Waals surface area contributed by atoms with E-state index in [9.17, 15) is 9.18 Å². The molecule has 1 saturated heterocycles. The molecular weight excluding hydrogens is 397 g/mol. The third-order valence-electron chi connectivity index (χ3n) is 5.69. The van der Waals surface area contributed by atoms with Gasteiger partial charge in [-0.3, -0.25) is 4.79 Å². The molecule has 160 valence electrons. The van der Waals surface area contributed by atoms with E-state index in [2.05, 4.69) is 25.7 Å². The van der Waals surface area contributed by atoms with E-state index in [1.807, 2.05) is 26.1 Å². The number of imidazole rings is 2. The molecule has 1 aliphatic heterocycles. The van der Waals surface area contributed by atoms with Gasteiger partial charge >= 0.3 is 0 Å². The first-order valence-electron chi connectivity index (χ1n) is 10.5. The number of piperidine rings is 1. The van der Waals surface area contributed by atoms with Crippen LogP contribution in [0, 0.1) is 19.7 Å². The zero-order valence-electron chi connectivity index (χ0n) is 17.5. The number of hydrogen-bond donors (Lipinski definition) is 2. The average molecular weight is 421 g/mol. The first-order chi connectivity index (χ1) is 15.0. The highest BCUT2D eigenvalue weighted by molar-refractivity contribution is 5.93. The lowest BCUT2D eigenvalue weighted by Gasteiger charge is -2.23. The molecule has 1 amide bonds. The number of carbonyl (C=O) groups excluding carboxylic acids is 1. The quantitative estimate of drug-likeness (QED) is 0.529. The van der Waals surface area contributed by atoms with Gasteiger partial charge in [-0.15, -0.1) is 0 Å². The Kier molecular flexibility index (Phi) is 4.90. The van der Waals surface area contributed by atoms with Crippen LogP contribution in [0.4, 0.5) is 4.39 Å². The van der Waals surface area contributed by atoms with Crippen molar-refractivity contribution >= 4 is 17.2 Å². The minimum atomic E-state index is -0.508. The van der Waals surface area contributed by atoms with Crippen LogP contribution in [0.3, 0.4) is 0 Å². The maximum Gasteiger partial charge on any atom is 0.271 e. The van der Waals surface area contributed by atoms with Gasteiger partial charge in [-0.05, 0) is 50.9 Å². The molecule has 0 aliphatic carbocycles. The minimum Gasteiger partial charge on any atom is -0.349 e. The van der Waals surface area contributed by atoms with Gasteiger partial charge < -0.3 is 15.0 Å². The highest BCUT2D eigenvalue weighted by Crippen LogP contribution is 2.23. The largest absolute Gasteiger partial charge is 0.349 e. The average Bonchev–Trinajstić information content (AvgIpc) is 3.36. The number of nitrogens with one attached hydrogen (secondary N) is 2. The van der Waals surface area contributed by atoms with E-state index in [-0.39, 0.29) is 23.3 Å². The second-order valence-electron chi connectivity index (χ2n) is 8.15. The van der Waals surface area contributed by atoms with Gasteiger partial charge in [0.2, 0.25) is 0 Å². The Morgan fingerprint density at radius 2 is 2.06 bits per heavy atom. The number of aryl methyl sites for hydroxylation is 2. The SMILES string of the molecule is Cc1cn2nc(-c3cc(F)c4nc(C(=O)NCC5CCCCN5)cn4c3)cc(C)c2n1. The van der Waals surface area contributed by atoms with Crippen LogP contribution in [0.25, 0.3) is 22.6 Å². The van der Waals surface area contributed by atoms with Gasteiger partial charge in [0.15, 0.2) is 17.1 Å². The predicted molar refractivity (Wildman–Crippen MR) is 115 cm³/mol. The van der Waals surface area contributed by atoms with Crippen LogP contribution in [0.1, 0.15) is 41.0 Å². The van der Waals surface area contributed by atoms with Crippen molar-refractivity contribution in [2.24, 2.45) is 0 Å². The third kappa shape index (κ3) is 3.76. The molecule has 5 heterocycles. The van der Waals surface area contributed by atoms with Crippen molar-refractivity contribution < 1.29 is 9.18 Å². The summed E-state index contributed by atoms with van der Waals surface area (Å²) < 4.78 is 18.1. The molecule has 1 unspecified atom stereocenters. The first-order valence-corrected chi connectivity index (χ1v) is 10.5. The zero-order chi connectivity index (χ0) is 21.5. The van der Waals surface area contributed by atoms with Crippen molar-refractivity contribution in [1.82, 2.24) is 34.6 Å². The fraction of sp³-hybridized carbons (Fsp3) is 0.364. The Morgan fingerprint density at radius 1 is 1.19 bits per heavy atom. The Balaban J connectivity index is 1.43. The van der Waals surface area contributed by atoms with E-state index < -0.39 is 5.82 Å². The lowest BCUT2D eigenvalue weighted by Crippen LogP contribution is -2.43. The summed E-state index contributed by atoms with van der Waals surface area (Å²) in [7, 11) is 0. The van der Waals surface area contributed by atoms with Crippen LogP contribution in [-0.4, -0.2) is 49.0 Å². The molecule has 0 radical (unpaired) electrons. The van der Waals surface area contributed by atoms with Crippen molar-refractivity contribution in [2.75, 3.05) is 13.1 Å². The van der Waals surface area contributed by atoms with E-state index >= 15 is 0 Å². The van der Waals surface area contributed by atoms with Gasteiger partial charge in [-0.1, -0.05) is 6.42 Å². The number of aromatic nitrogens is 5. The number of carbonyl (C=O) groups is 1. The van der Waals surface area contributed by atoms with Gasteiger partial charge in [0.1, 0.15) is 5.69 Å². The van der Waals surface area contributed by atoms with Gasteiger partial charge in [0.25, 0.3) is 5.91 Å². The number of nitrogens with zero attached hydrogens (tertiary/aromatic N) is 5. The normalized spacial score (nSPS) is 16.8. The smallest absolute Gasteiger partial charge is 0.271 e. The van der Waals surface area contributed by atoms with E-state index in [0.29, 0.717) is 17.8 Å². The Hall–Kier alpha value is -3.33. The Bertz CT molecular complexity index is 1290. The van der Waals surface area contributed by atoms with E-state index in [1.54, 1.807) is 21.3 Å². The number of halogens is 1. The second-order valence-corrected chi connectivity index (χ2v) is 8.15. The summed E-state index contributed by atoms with van der Waals surface area (Å²) in [5.41, 5.74) is 4.10. The Morgan fingerprint density at radius 3 is 2.87 bits per heavy atom. The summed E-state index contributed by atoms with van der Waals surface area (Å²) in [5.74, 6) is -0.812. The highest BCUT2D eigenvalue weighted by Gasteiger charge is 2.18. The van der Waals surface area contributed by atoms with Crippen LogP contribution in [0.5, 0.6) is 0 Å². The van der Waals surface area contributed by atoms with Crippen molar-refractivity contribution in [3.63, 3.8) is 0 Å².